The summed E-state index contributed by atoms with van der Waals surface area (Å²) in [7, 11) is 2.10. The van der Waals surface area contributed by atoms with Crippen LogP contribution in [0.2, 0.25) is 5.02 Å². The van der Waals surface area contributed by atoms with Crippen molar-refractivity contribution in [3.63, 3.8) is 0 Å². The van der Waals surface area contributed by atoms with E-state index in [0.717, 1.165) is 24.1 Å². The van der Waals surface area contributed by atoms with Crippen molar-refractivity contribution >= 4 is 29.1 Å². The number of carbonyl (C=O) groups is 2. The molecule has 0 radical (unpaired) electrons. The number of halogens is 1. The molecule has 162 valence electrons. The van der Waals surface area contributed by atoms with Gasteiger partial charge in [0.2, 0.25) is 0 Å². The third-order valence-electron chi connectivity index (χ3n) is 6.72. The second-order valence-corrected chi connectivity index (χ2v) is 9.23. The van der Waals surface area contributed by atoms with Crippen LogP contribution in [0.15, 0.2) is 36.4 Å². The highest BCUT2D eigenvalue weighted by molar-refractivity contribution is 6.34. The summed E-state index contributed by atoms with van der Waals surface area (Å²) in [5.74, 6) is -0.327. The Morgan fingerprint density at radius 1 is 0.935 bits per heavy atom. The zero-order valence-corrected chi connectivity index (χ0v) is 18.4. The Kier molecular flexibility index (Phi) is 4.94. The number of hydrogen-bond donors (Lipinski definition) is 1. The van der Waals surface area contributed by atoms with E-state index in [1.807, 2.05) is 12.1 Å². The molecule has 1 N–H and O–H groups in total. The molecular weight excluding hydrogens is 414 g/mol. The number of carbonyl (C=O) groups excluding carboxylic acids is 2. The maximum Gasteiger partial charge on any atom is 0.255 e. The fourth-order valence-corrected chi connectivity index (χ4v) is 4.79. The highest BCUT2D eigenvalue weighted by atomic mass is 35.5. The van der Waals surface area contributed by atoms with Crippen LogP contribution in [0.1, 0.15) is 28.8 Å². The molecular formula is C24H26ClN3O3. The monoisotopic (exact) mass is 439 g/mol. The third kappa shape index (κ3) is 3.68. The maximum absolute atomic E-state index is 13.0. The molecule has 0 atom stereocenters. The number of rotatable bonds is 3. The van der Waals surface area contributed by atoms with E-state index in [0.29, 0.717) is 49.6 Å². The van der Waals surface area contributed by atoms with Crippen molar-refractivity contribution in [2.45, 2.75) is 24.9 Å². The van der Waals surface area contributed by atoms with Gasteiger partial charge in [-0.3, -0.25) is 9.59 Å². The van der Waals surface area contributed by atoms with Gasteiger partial charge in [0, 0.05) is 45.5 Å². The molecule has 2 aromatic carbocycles. The Labute approximate surface area is 187 Å². The van der Waals surface area contributed by atoms with Crippen LogP contribution < -0.4 is 4.90 Å². The Morgan fingerprint density at radius 3 is 2.26 bits per heavy atom. The largest absolute Gasteiger partial charge is 0.380 e. The molecule has 2 heterocycles. The number of amides is 2. The molecule has 0 spiro atoms. The van der Waals surface area contributed by atoms with Crippen molar-refractivity contribution in [1.29, 1.82) is 0 Å². The van der Waals surface area contributed by atoms with Crippen LogP contribution in [0.3, 0.4) is 0 Å². The Balaban J connectivity index is 1.28. The van der Waals surface area contributed by atoms with Gasteiger partial charge in [0.1, 0.15) is 5.60 Å². The smallest absolute Gasteiger partial charge is 0.255 e. The predicted octanol–water partition coefficient (Wildman–Crippen LogP) is 2.81. The summed E-state index contributed by atoms with van der Waals surface area (Å²) in [6, 6.07) is 12.0. The first-order valence-electron chi connectivity index (χ1n) is 10.8. The molecule has 6 nitrogen and oxygen atoms in total. The zero-order valence-electron chi connectivity index (χ0n) is 17.6. The Morgan fingerprint density at radius 2 is 1.58 bits per heavy atom. The second-order valence-electron chi connectivity index (χ2n) is 8.83. The molecule has 1 saturated carbocycles. The van der Waals surface area contributed by atoms with E-state index in [1.165, 1.54) is 11.3 Å². The first kappa shape index (κ1) is 20.3. The molecule has 2 aliphatic heterocycles. The van der Waals surface area contributed by atoms with Crippen LogP contribution in [0.25, 0.3) is 11.1 Å². The quantitative estimate of drug-likeness (QED) is 0.798. The standard InChI is InChI=1S/C24H26ClN3O3/c1-26-9-6-18-14-16(3-5-21(18)26)17-2-4-19(20(25)15-17)22(29)27-10-12-28(13-11-27)23(30)24(31)7-8-24/h2-5,14-15,31H,6-13H2,1H3. The summed E-state index contributed by atoms with van der Waals surface area (Å²) in [5, 5.41) is 10.5. The number of piperazine rings is 1. The number of anilines is 1. The van der Waals surface area contributed by atoms with E-state index in [9.17, 15) is 14.7 Å². The van der Waals surface area contributed by atoms with Gasteiger partial charge in [-0.25, -0.2) is 0 Å². The van der Waals surface area contributed by atoms with E-state index < -0.39 is 5.60 Å². The fraction of sp³-hybridized carbons (Fsp3) is 0.417. The normalized spacial score (nSPS) is 19.4. The fourth-order valence-electron chi connectivity index (χ4n) is 4.52. The van der Waals surface area contributed by atoms with Crippen molar-refractivity contribution in [2.24, 2.45) is 0 Å². The number of likely N-dealkylation sites (N-methyl/N-ethyl adjacent to an activating group) is 1. The Hall–Kier alpha value is -2.57. The topological polar surface area (TPSA) is 64.1 Å². The Bertz CT molecular complexity index is 1060. The van der Waals surface area contributed by atoms with Gasteiger partial charge in [0.25, 0.3) is 11.8 Å². The van der Waals surface area contributed by atoms with Crippen LogP contribution in [0.5, 0.6) is 0 Å². The molecule has 1 aliphatic carbocycles. The number of benzene rings is 2. The summed E-state index contributed by atoms with van der Waals surface area (Å²) in [6.07, 6.45) is 2.11. The van der Waals surface area contributed by atoms with Crippen molar-refractivity contribution in [2.75, 3.05) is 44.7 Å². The molecule has 0 aromatic heterocycles. The van der Waals surface area contributed by atoms with E-state index >= 15 is 0 Å². The minimum Gasteiger partial charge on any atom is -0.380 e. The maximum atomic E-state index is 13.0. The predicted molar refractivity (Wildman–Crippen MR) is 121 cm³/mol. The molecule has 5 rings (SSSR count). The highest BCUT2D eigenvalue weighted by Gasteiger charge is 2.50. The molecule has 2 fully saturated rings. The summed E-state index contributed by atoms with van der Waals surface area (Å²) in [6.45, 7) is 2.79. The van der Waals surface area contributed by atoms with Crippen LogP contribution >= 0.6 is 11.6 Å². The highest BCUT2D eigenvalue weighted by Crippen LogP contribution is 2.37. The molecule has 0 unspecified atom stereocenters. The number of aliphatic hydroxyl groups is 1. The summed E-state index contributed by atoms with van der Waals surface area (Å²) >= 11 is 6.53. The molecule has 1 saturated heterocycles. The lowest BCUT2D eigenvalue weighted by molar-refractivity contribution is -0.143. The van der Waals surface area contributed by atoms with E-state index in [2.05, 4.69) is 30.1 Å². The molecule has 3 aliphatic rings. The van der Waals surface area contributed by atoms with E-state index in [-0.39, 0.29) is 11.8 Å². The average Bonchev–Trinajstić information content (AvgIpc) is 3.44. The third-order valence-corrected chi connectivity index (χ3v) is 7.03. The van der Waals surface area contributed by atoms with Gasteiger partial charge in [-0.2, -0.15) is 0 Å². The van der Waals surface area contributed by atoms with Crippen LogP contribution in [-0.2, 0) is 11.2 Å². The van der Waals surface area contributed by atoms with Gasteiger partial charge in [-0.05, 0) is 60.2 Å². The van der Waals surface area contributed by atoms with Crippen LogP contribution in [0.4, 0.5) is 5.69 Å². The SMILES string of the molecule is CN1CCc2cc(-c3ccc(C(=O)N4CCN(C(=O)C5(O)CC5)CC4)c(Cl)c3)ccc21. The number of hydrogen-bond acceptors (Lipinski definition) is 4. The van der Waals surface area contributed by atoms with Gasteiger partial charge < -0.3 is 19.8 Å². The average molecular weight is 440 g/mol. The van der Waals surface area contributed by atoms with Gasteiger partial charge in [-0.1, -0.05) is 23.7 Å². The van der Waals surface area contributed by atoms with Crippen molar-refractivity contribution < 1.29 is 14.7 Å². The molecule has 7 heteroatoms. The number of nitrogens with zero attached hydrogens (tertiary/aromatic N) is 3. The van der Waals surface area contributed by atoms with Crippen molar-refractivity contribution in [1.82, 2.24) is 9.80 Å². The van der Waals surface area contributed by atoms with E-state index in [1.54, 1.807) is 15.9 Å². The summed E-state index contributed by atoms with van der Waals surface area (Å²) < 4.78 is 0. The zero-order chi connectivity index (χ0) is 21.8. The first-order chi connectivity index (χ1) is 14.9. The van der Waals surface area contributed by atoms with Crippen LogP contribution in [0, 0.1) is 0 Å². The summed E-state index contributed by atoms with van der Waals surface area (Å²) in [4.78, 5) is 31.0. The van der Waals surface area contributed by atoms with E-state index in [4.69, 9.17) is 11.6 Å². The van der Waals surface area contributed by atoms with Crippen molar-refractivity contribution in [3.05, 3.63) is 52.5 Å². The van der Waals surface area contributed by atoms with Crippen molar-refractivity contribution in [3.8, 4) is 11.1 Å². The second kappa shape index (κ2) is 7.53. The molecule has 2 aromatic rings. The van der Waals surface area contributed by atoms with Crippen LogP contribution in [-0.4, -0.2) is 72.1 Å². The first-order valence-corrected chi connectivity index (χ1v) is 11.2. The van der Waals surface area contributed by atoms with Gasteiger partial charge >= 0.3 is 0 Å². The van der Waals surface area contributed by atoms with Gasteiger partial charge in [0.05, 0.1) is 10.6 Å². The van der Waals surface area contributed by atoms with Gasteiger partial charge in [-0.15, -0.1) is 0 Å². The lowest BCUT2D eigenvalue weighted by Crippen LogP contribution is -2.53. The minimum atomic E-state index is -1.15. The number of fused-ring (bicyclic) bond motifs is 1. The van der Waals surface area contributed by atoms with Gasteiger partial charge in [0.15, 0.2) is 0 Å². The lowest BCUT2D eigenvalue weighted by Gasteiger charge is -2.36. The molecule has 0 bridgehead atoms. The molecule has 31 heavy (non-hydrogen) atoms. The summed E-state index contributed by atoms with van der Waals surface area (Å²) in [5.41, 5.74) is 4.02. The molecule has 2 amide bonds. The lowest BCUT2D eigenvalue weighted by atomic mass is 10.00. The minimum absolute atomic E-state index is 0.121.